The van der Waals surface area contributed by atoms with Gasteiger partial charge in [-0.2, -0.15) is 0 Å². The van der Waals surface area contributed by atoms with Crippen molar-refractivity contribution in [2.75, 3.05) is 20.6 Å². The van der Waals surface area contributed by atoms with Gasteiger partial charge in [0, 0.05) is 23.9 Å². The van der Waals surface area contributed by atoms with Crippen molar-refractivity contribution >= 4 is 27.5 Å². The Balaban J connectivity index is 1.87. The highest BCUT2D eigenvalue weighted by Crippen LogP contribution is 2.33. The number of aromatic nitrogens is 1. The number of nitrogens with one attached hydrogen (secondary N) is 1. The normalized spacial score (nSPS) is 11.5. The molecule has 4 aromatic rings. The van der Waals surface area contributed by atoms with Gasteiger partial charge in [0.25, 0.3) is 0 Å². The van der Waals surface area contributed by atoms with Crippen molar-refractivity contribution < 1.29 is 4.79 Å². The minimum absolute atomic E-state index is 0.180. The van der Waals surface area contributed by atoms with E-state index in [-0.39, 0.29) is 5.78 Å². The SMILES string of the molecule is CN(C)CCC(=O)c1c(-c2ccc3ccccc3c2)[nH]c2ccccc12. The average Bonchev–Trinajstić information content (AvgIpc) is 3.05. The summed E-state index contributed by atoms with van der Waals surface area (Å²) in [6.07, 6.45) is 0.509. The minimum Gasteiger partial charge on any atom is -0.354 e. The first-order chi connectivity index (χ1) is 12.6. The highest BCUT2D eigenvalue weighted by molar-refractivity contribution is 6.13. The van der Waals surface area contributed by atoms with Crippen LogP contribution in [-0.2, 0) is 0 Å². The minimum atomic E-state index is 0.180. The molecule has 3 aromatic carbocycles. The molecule has 0 aliphatic heterocycles. The van der Waals surface area contributed by atoms with E-state index in [0.717, 1.165) is 34.3 Å². The summed E-state index contributed by atoms with van der Waals surface area (Å²) in [6.45, 7) is 0.746. The van der Waals surface area contributed by atoms with Gasteiger partial charge in [0.05, 0.1) is 11.3 Å². The van der Waals surface area contributed by atoms with E-state index in [9.17, 15) is 4.79 Å². The third-order valence-corrected chi connectivity index (χ3v) is 4.81. The summed E-state index contributed by atoms with van der Waals surface area (Å²) >= 11 is 0. The van der Waals surface area contributed by atoms with Gasteiger partial charge in [-0.1, -0.05) is 54.6 Å². The molecule has 0 saturated carbocycles. The van der Waals surface area contributed by atoms with Crippen LogP contribution in [0, 0.1) is 0 Å². The fraction of sp³-hybridized carbons (Fsp3) is 0.174. The van der Waals surface area contributed by atoms with E-state index in [1.165, 1.54) is 10.8 Å². The van der Waals surface area contributed by atoms with Crippen LogP contribution >= 0.6 is 0 Å². The van der Waals surface area contributed by atoms with Gasteiger partial charge in [-0.05, 0) is 42.6 Å². The first kappa shape index (κ1) is 16.6. The molecule has 3 heteroatoms. The first-order valence-corrected chi connectivity index (χ1v) is 8.91. The molecule has 0 aliphatic rings. The zero-order chi connectivity index (χ0) is 18.1. The number of fused-ring (bicyclic) bond motifs is 2. The van der Waals surface area contributed by atoms with Crippen molar-refractivity contribution in [1.29, 1.82) is 0 Å². The van der Waals surface area contributed by atoms with Crippen LogP contribution in [0.25, 0.3) is 32.9 Å². The summed E-state index contributed by atoms with van der Waals surface area (Å²) in [5.41, 5.74) is 3.77. The molecule has 4 rings (SSSR count). The number of para-hydroxylation sites is 1. The number of aromatic amines is 1. The Hall–Kier alpha value is -2.91. The second-order valence-corrected chi connectivity index (χ2v) is 6.96. The molecule has 0 spiro atoms. The van der Waals surface area contributed by atoms with Gasteiger partial charge in [0.2, 0.25) is 0 Å². The predicted octanol–water partition coefficient (Wildman–Crippen LogP) is 5.12. The summed E-state index contributed by atoms with van der Waals surface area (Å²) in [7, 11) is 3.99. The molecule has 1 N–H and O–H groups in total. The molecule has 0 bridgehead atoms. The predicted molar refractivity (Wildman–Crippen MR) is 109 cm³/mol. The lowest BCUT2D eigenvalue weighted by molar-refractivity contribution is 0.0975. The largest absolute Gasteiger partial charge is 0.354 e. The number of carbonyl (C=O) groups is 1. The Kier molecular flexibility index (Phi) is 4.31. The van der Waals surface area contributed by atoms with Crippen molar-refractivity contribution in [3.63, 3.8) is 0 Å². The third kappa shape index (κ3) is 3.02. The number of benzene rings is 3. The molecule has 0 radical (unpaired) electrons. The fourth-order valence-corrected chi connectivity index (χ4v) is 3.44. The van der Waals surface area contributed by atoms with Crippen LogP contribution < -0.4 is 0 Å². The highest BCUT2D eigenvalue weighted by Gasteiger charge is 2.19. The summed E-state index contributed by atoms with van der Waals surface area (Å²) in [5.74, 6) is 0.180. The van der Waals surface area contributed by atoms with E-state index in [0.29, 0.717) is 6.42 Å². The fourth-order valence-electron chi connectivity index (χ4n) is 3.44. The van der Waals surface area contributed by atoms with Crippen LogP contribution in [0.4, 0.5) is 0 Å². The van der Waals surface area contributed by atoms with Gasteiger partial charge < -0.3 is 9.88 Å². The summed E-state index contributed by atoms with van der Waals surface area (Å²) < 4.78 is 0. The highest BCUT2D eigenvalue weighted by atomic mass is 16.1. The summed E-state index contributed by atoms with van der Waals surface area (Å²) in [6, 6.07) is 22.7. The van der Waals surface area contributed by atoms with Crippen molar-refractivity contribution in [2.24, 2.45) is 0 Å². The lowest BCUT2D eigenvalue weighted by atomic mass is 9.98. The zero-order valence-corrected chi connectivity index (χ0v) is 15.1. The summed E-state index contributed by atoms with van der Waals surface area (Å²) in [4.78, 5) is 18.6. The molecule has 3 nitrogen and oxygen atoms in total. The number of Topliss-reactive ketones (excluding diaryl/α,β-unsaturated/α-hetero) is 1. The van der Waals surface area contributed by atoms with Gasteiger partial charge in [0.15, 0.2) is 5.78 Å². The van der Waals surface area contributed by atoms with Crippen molar-refractivity contribution in [2.45, 2.75) is 6.42 Å². The van der Waals surface area contributed by atoms with E-state index < -0.39 is 0 Å². The van der Waals surface area contributed by atoms with E-state index in [1.54, 1.807) is 0 Å². The van der Waals surface area contributed by atoms with Crippen LogP contribution in [0.2, 0.25) is 0 Å². The van der Waals surface area contributed by atoms with Gasteiger partial charge in [-0.25, -0.2) is 0 Å². The third-order valence-electron chi connectivity index (χ3n) is 4.81. The molecule has 0 atom stereocenters. The number of ketones is 1. The molecule has 1 aromatic heterocycles. The maximum absolute atomic E-state index is 13.0. The molecule has 0 fully saturated rings. The first-order valence-electron chi connectivity index (χ1n) is 8.91. The standard InChI is InChI=1S/C23H22N2O/c1-25(2)14-13-21(26)22-19-9-5-6-10-20(19)24-23(22)18-12-11-16-7-3-4-8-17(16)15-18/h3-12,15,24H,13-14H2,1-2H3. The van der Waals surface area contributed by atoms with Gasteiger partial charge >= 0.3 is 0 Å². The number of carbonyl (C=O) groups excluding carboxylic acids is 1. The second kappa shape index (κ2) is 6.77. The quantitative estimate of drug-likeness (QED) is 0.511. The maximum Gasteiger partial charge on any atom is 0.166 e. The average molecular weight is 342 g/mol. The Labute approximate surface area is 153 Å². The number of hydrogen-bond acceptors (Lipinski definition) is 2. The molecule has 0 aliphatic carbocycles. The summed E-state index contributed by atoms with van der Waals surface area (Å²) in [5, 5.41) is 3.38. The van der Waals surface area contributed by atoms with Crippen molar-refractivity contribution in [1.82, 2.24) is 9.88 Å². The van der Waals surface area contributed by atoms with E-state index in [1.807, 2.05) is 55.4 Å². The maximum atomic E-state index is 13.0. The molecular weight excluding hydrogens is 320 g/mol. The number of H-pyrrole nitrogens is 1. The molecular formula is C23H22N2O. The number of nitrogens with zero attached hydrogens (tertiary/aromatic N) is 1. The van der Waals surface area contributed by atoms with Gasteiger partial charge in [0.1, 0.15) is 0 Å². The Morgan fingerprint density at radius 2 is 1.65 bits per heavy atom. The lowest BCUT2D eigenvalue weighted by Gasteiger charge is -2.10. The molecule has 0 unspecified atom stereocenters. The topological polar surface area (TPSA) is 36.1 Å². The van der Waals surface area contributed by atoms with Crippen LogP contribution in [0.15, 0.2) is 66.7 Å². The zero-order valence-electron chi connectivity index (χ0n) is 15.1. The molecule has 0 saturated heterocycles. The van der Waals surface area contributed by atoms with Crippen LogP contribution in [0.1, 0.15) is 16.8 Å². The Morgan fingerprint density at radius 3 is 2.46 bits per heavy atom. The monoisotopic (exact) mass is 342 g/mol. The number of rotatable bonds is 5. The van der Waals surface area contributed by atoms with Crippen LogP contribution in [0.3, 0.4) is 0 Å². The second-order valence-electron chi connectivity index (χ2n) is 6.96. The smallest absolute Gasteiger partial charge is 0.166 e. The van der Waals surface area contributed by atoms with E-state index >= 15 is 0 Å². The van der Waals surface area contributed by atoms with Gasteiger partial charge in [-0.15, -0.1) is 0 Å². The lowest BCUT2D eigenvalue weighted by Crippen LogP contribution is -2.16. The Morgan fingerprint density at radius 1 is 0.923 bits per heavy atom. The molecule has 26 heavy (non-hydrogen) atoms. The molecule has 0 amide bonds. The van der Waals surface area contributed by atoms with Crippen LogP contribution in [-0.4, -0.2) is 36.3 Å². The number of hydrogen-bond donors (Lipinski definition) is 1. The van der Waals surface area contributed by atoms with Gasteiger partial charge in [-0.3, -0.25) is 4.79 Å². The Bertz CT molecular complexity index is 1090. The molecule has 130 valence electrons. The van der Waals surface area contributed by atoms with E-state index in [2.05, 4.69) is 35.3 Å². The van der Waals surface area contributed by atoms with Crippen LogP contribution in [0.5, 0.6) is 0 Å². The van der Waals surface area contributed by atoms with E-state index in [4.69, 9.17) is 0 Å². The van der Waals surface area contributed by atoms with Crippen molar-refractivity contribution in [3.8, 4) is 11.3 Å². The van der Waals surface area contributed by atoms with Crippen molar-refractivity contribution in [3.05, 3.63) is 72.3 Å². The molecule has 1 heterocycles.